The lowest BCUT2D eigenvalue weighted by Gasteiger charge is -2.17. The molecule has 118 valence electrons. The fraction of sp³-hybridized carbons (Fsp3) is 0.579. The zero-order valence-corrected chi connectivity index (χ0v) is 13.8. The van der Waals surface area contributed by atoms with Crippen LogP contribution in [0, 0.1) is 0 Å². The number of hydrogen-bond donors (Lipinski definition) is 0. The van der Waals surface area contributed by atoms with E-state index in [0.29, 0.717) is 0 Å². The third kappa shape index (κ3) is 8.03. The maximum absolute atomic E-state index is 5.85. The number of hydrogen-bond acceptors (Lipinski definition) is 2. The summed E-state index contributed by atoms with van der Waals surface area (Å²) in [5.74, 6) is 0. The van der Waals surface area contributed by atoms with Crippen LogP contribution in [-0.4, -0.2) is 19.5 Å². The van der Waals surface area contributed by atoms with Crippen molar-refractivity contribution in [2.45, 2.75) is 59.2 Å². The minimum atomic E-state index is -0.109. The minimum absolute atomic E-state index is 0.109. The van der Waals surface area contributed by atoms with Gasteiger partial charge in [-0.1, -0.05) is 63.1 Å². The van der Waals surface area contributed by atoms with Crippen LogP contribution in [0.3, 0.4) is 0 Å². The van der Waals surface area contributed by atoms with Gasteiger partial charge in [0.15, 0.2) is 6.29 Å². The van der Waals surface area contributed by atoms with Gasteiger partial charge in [-0.25, -0.2) is 0 Å². The Morgan fingerprint density at radius 3 is 2.10 bits per heavy atom. The van der Waals surface area contributed by atoms with Crippen LogP contribution < -0.4 is 0 Å². The highest BCUT2D eigenvalue weighted by Gasteiger charge is 2.08. The highest BCUT2D eigenvalue weighted by atomic mass is 16.7. The predicted molar refractivity (Wildman–Crippen MR) is 90.2 cm³/mol. The molecule has 0 amide bonds. The van der Waals surface area contributed by atoms with Crippen molar-refractivity contribution in [2.75, 3.05) is 13.2 Å². The zero-order chi connectivity index (χ0) is 15.3. The Morgan fingerprint density at radius 1 is 1.00 bits per heavy atom. The summed E-state index contributed by atoms with van der Waals surface area (Å²) in [6.07, 6.45) is 7.42. The number of rotatable bonds is 11. The minimum Gasteiger partial charge on any atom is -0.352 e. The molecule has 1 rings (SSSR count). The first-order valence-electron chi connectivity index (χ1n) is 8.23. The summed E-state index contributed by atoms with van der Waals surface area (Å²) in [6, 6.07) is 10.5. The lowest BCUT2D eigenvalue weighted by atomic mass is 10.1. The van der Waals surface area contributed by atoms with E-state index in [1.807, 2.05) is 6.07 Å². The van der Waals surface area contributed by atoms with E-state index in [4.69, 9.17) is 9.47 Å². The van der Waals surface area contributed by atoms with Crippen LogP contribution in [0.25, 0.3) is 5.57 Å². The first-order valence-corrected chi connectivity index (χ1v) is 8.23. The number of unbranched alkanes of at least 4 members (excludes halogenated alkanes) is 2. The van der Waals surface area contributed by atoms with E-state index in [2.05, 4.69) is 51.1 Å². The highest BCUT2D eigenvalue weighted by Crippen LogP contribution is 2.15. The second kappa shape index (κ2) is 11.5. The van der Waals surface area contributed by atoms with Crippen molar-refractivity contribution < 1.29 is 9.47 Å². The van der Waals surface area contributed by atoms with Crippen molar-refractivity contribution >= 4 is 5.57 Å². The summed E-state index contributed by atoms with van der Waals surface area (Å²) >= 11 is 0. The van der Waals surface area contributed by atoms with Gasteiger partial charge in [-0.15, -0.1) is 0 Å². The molecule has 21 heavy (non-hydrogen) atoms. The van der Waals surface area contributed by atoms with Crippen LogP contribution in [0.2, 0.25) is 0 Å². The summed E-state index contributed by atoms with van der Waals surface area (Å²) < 4.78 is 11.7. The fourth-order valence-corrected chi connectivity index (χ4v) is 1.99. The Balaban J connectivity index is 2.49. The van der Waals surface area contributed by atoms with E-state index in [-0.39, 0.29) is 6.29 Å². The number of allylic oxidation sites excluding steroid dienone is 1. The molecule has 0 unspecified atom stereocenters. The van der Waals surface area contributed by atoms with Gasteiger partial charge in [-0.05, 0) is 30.9 Å². The van der Waals surface area contributed by atoms with Crippen molar-refractivity contribution in [3.05, 3.63) is 42.0 Å². The molecular weight excluding hydrogens is 260 g/mol. The summed E-state index contributed by atoms with van der Waals surface area (Å²) in [5.41, 5.74) is 2.54. The molecule has 0 aliphatic rings. The quantitative estimate of drug-likeness (QED) is 0.399. The fourth-order valence-electron chi connectivity index (χ4n) is 1.99. The smallest absolute Gasteiger partial charge is 0.160 e. The topological polar surface area (TPSA) is 18.5 Å². The third-order valence-corrected chi connectivity index (χ3v) is 3.45. The van der Waals surface area contributed by atoms with Crippen LogP contribution in [0.15, 0.2) is 36.4 Å². The van der Waals surface area contributed by atoms with Crippen LogP contribution >= 0.6 is 0 Å². The Morgan fingerprint density at radius 2 is 1.57 bits per heavy atom. The van der Waals surface area contributed by atoms with E-state index in [1.54, 1.807) is 0 Å². The van der Waals surface area contributed by atoms with E-state index >= 15 is 0 Å². The summed E-state index contributed by atoms with van der Waals surface area (Å²) in [5, 5.41) is 0. The average molecular weight is 290 g/mol. The molecule has 0 aliphatic heterocycles. The molecule has 0 N–H and O–H groups in total. The Hall–Kier alpha value is -1.12. The van der Waals surface area contributed by atoms with Crippen molar-refractivity contribution in [3.63, 3.8) is 0 Å². The maximum atomic E-state index is 5.85. The molecule has 2 heteroatoms. The molecule has 0 heterocycles. The van der Waals surface area contributed by atoms with Gasteiger partial charge in [0.2, 0.25) is 0 Å². The van der Waals surface area contributed by atoms with Gasteiger partial charge in [0, 0.05) is 19.6 Å². The van der Waals surface area contributed by atoms with Gasteiger partial charge in [0.1, 0.15) is 0 Å². The van der Waals surface area contributed by atoms with Crippen LogP contribution in [0.1, 0.15) is 58.4 Å². The Labute approximate surface area is 130 Å². The molecule has 0 radical (unpaired) electrons. The molecule has 0 saturated carbocycles. The van der Waals surface area contributed by atoms with Gasteiger partial charge in [-0.2, -0.15) is 0 Å². The van der Waals surface area contributed by atoms with E-state index in [9.17, 15) is 0 Å². The van der Waals surface area contributed by atoms with Gasteiger partial charge >= 0.3 is 0 Å². The number of ether oxygens (including phenoxy) is 2. The highest BCUT2D eigenvalue weighted by molar-refractivity contribution is 5.63. The average Bonchev–Trinajstić information content (AvgIpc) is 2.53. The van der Waals surface area contributed by atoms with Gasteiger partial charge in [0.25, 0.3) is 0 Å². The van der Waals surface area contributed by atoms with E-state index in [0.717, 1.165) is 45.3 Å². The number of benzene rings is 1. The molecule has 0 spiro atoms. The summed E-state index contributed by atoms with van der Waals surface area (Å²) in [7, 11) is 0. The monoisotopic (exact) mass is 290 g/mol. The van der Waals surface area contributed by atoms with Gasteiger partial charge < -0.3 is 9.47 Å². The van der Waals surface area contributed by atoms with Crippen LogP contribution in [-0.2, 0) is 9.47 Å². The van der Waals surface area contributed by atoms with Gasteiger partial charge in [-0.3, -0.25) is 0 Å². The molecule has 0 saturated heterocycles. The SMILES string of the molecule is CCCCOC(CC=C(C)c1ccccc1)OCCCC. The van der Waals surface area contributed by atoms with Crippen LogP contribution in [0.5, 0.6) is 0 Å². The van der Waals surface area contributed by atoms with Crippen molar-refractivity contribution in [1.82, 2.24) is 0 Å². The second-order valence-electron chi connectivity index (χ2n) is 5.37. The third-order valence-electron chi connectivity index (χ3n) is 3.45. The lowest BCUT2D eigenvalue weighted by Crippen LogP contribution is -2.18. The first-order chi connectivity index (χ1) is 10.3. The molecular formula is C19H30O2. The standard InChI is InChI=1S/C19H30O2/c1-4-6-15-20-19(21-16-7-5-2)14-13-17(3)18-11-9-8-10-12-18/h8-13,19H,4-7,14-16H2,1-3H3. The van der Waals surface area contributed by atoms with Crippen molar-refractivity contribution in [1.29, 1.82) is 0 Å². The molecule has 1 aromatic carbocycles. The van der Waals surface area contributed by atoms with E-state index in [1.165, 1.54) is 11.1 Å². The largest absolute Gasteiger partial charge is 0.352 e. The zero-order valence-electron chi connectivity index (χ0n) is 13.8. The molecule has 0 bridgehead atoms. The summed E-state index contributed by atoms with van der Waals surface area (Å²) in [4.78, 5) is 0. The predicted octanol–water partition coefficient (Wildman–Crippen LogP) is 5.44. The maximum Gasteiger partial charge on any atom is 0.160 e. The van der Waals surface area contributed by atoms with Crippen molar-refractivity contribution in [3.8, 4) is 0 Å². The Bertz CT molecular complexity index is 374. The molecule has 0 atom stereocenters. The van der Waals surface area contributed by atoms with E-state index < -0.39 is 0 Å². The molecule has 0 aliphatic carbocycles. The lowest BCUT2D eigenvalue weighted by molar-refractivity contribution is -0.140. The first kappa shape index (κ1) is 17.9. The molecule has 0 fully saturated rings. The van der Waals surface area contributed by atoms with Crippen LogP contribution in [0.4, 0.5) is 0 Å². The van der Waals surface area contributed by atoms with Gasteiger partial charge in [0.05, 0.1) is 0 Å². The summed E-state index contributed by atoms with van der Waals surface area (Å²) in [6.45, 7) is 8.06. The normalized spacial score (nSPS) is 12.1. The second-order valence-corrected chi connectivity index (χ2v) is 5.37. The molecule has 0 aromatic heterocycles. The Kier molecular flexibility index (Phi) is 9.84. The molecule has 2 nitrogen and oxygen atoms in total. The van der Waals surface area contributed by atoms with Crippen molar-refractivity contribution in [2.24, 2.45) is 0 Å². The molecule has 1 aromatic rings.